The van der Waals surface area contributed by atoms with Crippen LogP contribution in [0.15, 0.2) is 24.3 Å². The topological polar surface area (TPSA) is 30.5 Å². The molecule has 120 valence electrons. The molecule has 0 bridgehead atoms. The molecule has 0 aliphatic heterocycles. The Bertz CT molecular complexity index is 399. The molecule has 0 amide bonds. The molecule has 0 unspecified atom stereocenters. The lowest BCUT2D eigenvalue weighted by Gasteiger charge is -2.20. The van der Waals surface area contributed by atoms with E-state index in [0.717, 1.165) is 6.54 Å². The van der Waals surface area contributed by atoms with Crippen molar-refractivity contribution in [1.29, 1.82) is 0 Å². The Labute approximate surface area is 130 Å². The Balaban J connectivity index is 2.25. The second-order valence-electron chi connectivity index (χ2n) is 7.43. The molecular weight excluding hydrogens is 262 g/mol. The molecule has 3 nitrogen and oxygen atoms in total. The molecule has 21 heavy (non-hydrogen) atoms. The number of hydrogen-bond donors (Lipinski definition) is 1. The Morgan fingerprint density at radius 3 is 1.95 bits per heavy atom. The summed E-state index contributed by atoms with van der Waals surface area (Å²) >= 11 is 0. The lowest BCUT2D eigenvalue weighted by atomic mass is 10.1. The molecule has 0 aliphatic carbocycles. The zero-order valence-corrected chi connectivity index (χ0v) is 14.5. The second-order valence-corrected chi connectivity index (χ2v) is 7.43. The number of ether oxygens (including phenoxy) is 2. The van der Waals surface area contributed by atoms with Crippen molar-refractivity contribution >= 4 is 0 Å². The number of nitrogens with one attached hydrogen (secondary N) is 1. The molecule has 0 aliphatic rings. The van der Waals surface area contributed by atoms with E-state index in [9.17, 15) is 0 Å². The lowest BCUT2D eigenvalue weighted by Crippen LogP contribution is -2.35. The van der Waals surface area contributed by atoms with Gasteiger partial charge >= 0.3 is 0 Å². The monoisotopic (exact) mass is 293 g/mol. The average molecular weight is 293 g/mol. The molecule has 1 aromatic rings. The van der Waals surface area contributed by atoms with Crippen molar-refractivity contribution in [2.45, 2.75) is 65.8 Å². The highest BCUT2D eigenvalue weighted by molar-refractivity contribution is 5.22. The van der Waals surface area contributed by atoms with E-state index in [2.05, 4.69) is 71.1 Å². The van der Waals surface area contributed by atoms with Crippen molar-refractivity contribution in [1.82, 2.24) is 5.32 Å². The Morgan fingerprint density at radius 1 is 0.857 bits per heavy atom. The van der Waals surface area contributed by atoms with E-state index in [1.54, 1.807) is 0 Å². The van der Waals surface area contributed by atoms with E-state index in [1.807, 2.05) is 0 Å². The zero-order chi connectivity index (χ0) is 15.9. The van der Waals surface area contributed by atoms with E-state index < -0.39 is 0 Å². The van der Waals surface area contributed by atoms with Crippen LogP contribution in [0, 0.1) is 0 Å². The first-order valence-corrected chi connectivity index (χ1v) is 7.70. The van der Waals surface area contributed by atoms with Crippen LogP contribution in [-0.2, 0) is 22.6 Å². The maximum Gasteiger partial charge on any atom is 0.0718 e. The van der Waals surface area contributed by atoms with Gasteiger partial charge in [0.1, 0.15) is 0 Å². The van der Waals surface area contributed by atoms with Crippen LogP contribution in [0.1, 0.15) is 52.7 Å². The first-order valence-electron chi connectivity index (χ1n) is 7.70. The predicted molar refractivity (Wildman–Crippen MR) is 88.4 cm³/mol. The van der Waals surface area contributed by atoms with Gasteiger partial charge in [-0.05, 0) is 52.7 Å². The number of hydrogen-bond acceptors (Lipinski definition) is 3. The van der Waals surface area contributed by atoms with Gasteiger partial charge in [-0.25, -0.2) is 0 Å². The largest absolute Gasteiger partial charge is 0.374 e. The Morgan fingerprint density at radius 2 is 1.43 bits per heavy atom. The maximum atomic E-state index is 5.63. The van der Waals surface area contributed by atoms with Gasteiger partial charge in [-0.1, -0.05) is 24.3 Å². The van der Waals surface area contributed by atoms with Crippen LogP contribution in [-0.4, -0.2) is 24.4 Å². The summed E-state index contributed by atoms with van der Waals surface area (Å²) in [5, 5.41) is 3.48. The fourth-order valence-corrected chi connectivity index (χ4v) is 1.72. The van der Waals surface area contributed by atoms with Crippen LogP contribution >= 0.6 is 0 Å². The standard InChI is InChI=1S/C18H31NO2/c1-17(2,3)19-13-15-7-9-16(10-8-15)14-20-11-12-21-18(4,5)6/h7-10,19H,11-14H2,1-6H3. The molecule has 1 aromatic carbocycles. The van der Waals surface area contributed by atoms with Gasteiger partial charge in [0.15, 0.2) is 0 Å². The fourth-order valence-electron chi connectivity index (χ4n) is 1.72. The van der Waals surface area contributed by atoms with Crippen LogP contribution in [0.5, 0.6) is 0 Å². The molecule has 0 atom stereocenters. The Hall–Kier alpha value is -0.900. The molecule has 0 saturated carbocycles. The third-order valence-electron chi connectivity index (χ3n) is 2.88. The SMILES string of the molecule is CC(C)(C)NCc1ccc(COCCOC(C)(C)C)cc1. The number of benzene rings is 1. The quantitative estimate of drug-likeness (QED) is 0.773. The van der Waals surface area contributed by atoms with Crippen LogP contribution in [0.2, 0.25) is 0 Å². The van der Waals surface area contributed by atoms with E-state index in [-0.39, 0.29) is 11.1 Å². The first-order chi connectivity index (χ1) is 9.66. The summed E-state index contributed by atoms with van der Waals surface area (Å²) in [6.45, 7) is 15.5. The van der Waals surface area contributed by atoms with Crippen molar-refractivity contribution in [3.8, 4) is 0 Å². The smallest absolute Gasteiger partial charge is 0.0718 e. The average Bonchev–Trinajstić information content (AvgIpc) is 2.35. The zero-order valence-electron chi connectivity index (χ0n) is 14.5. The molecule has 1 rings (SSSR count). The third-order valence-corrected chi connectivity index (χ3v) is 2.88. The van der Waals surface area contributed by atoms with Gasteiger partial charge in [0.05, 0.1) is 25.4 Å². The highest BCUT2D eigenvalue weighted by Gasteiger charge is 2.09. The lowest BCUT2D eigenvalue weighted by molar-refractivity contribution is -0.0376. The van der Waals surface area contributed by atoms with Gasteiger partial charge in [0.2, 0.25) is 0 Å². The van der Waals surface area contributed by atoms with Gasteiger partial charge in [-0.3, -0.25) is 0 Å². The van der Waals surface area contributed by atoms with Crippen LogP contribution in [0.25, 0.3) is 0 Å². The van der Waals surface area contributed by atoms with Gasteiger partial charge in [0.25, 0.3) is 0 Å². The number of rotatable bonds is 7. The molecular formula is C18H31NO2. The van der Waals surface area contributed by atoms with Gasteiger partial charge in [-0.15, -0.1) is 0 Å². The molecule has 0 saturated heterocycles. The van der Waals surface area contributed by atoms with Gasteiger partial charge < -0.3 is 14.8 Å². The van der Waals surface area contributed by atoms with E-state index in [4.69, 9.17) is 9.47 Å². The van der Waals surface area contributed by atoms with Crippen molar-refractivity contribution < 1.29 is 9.47 Å². The minimum Gasteiger partial charge on any atom is -0.374 e. The van der Waals surface area contributed by atoms with E-state index >= 15 is 0 Å². The highest BCUT2D eigenvalue weighted by atomic mass is 16.5. The minimum atomic E-state index is -0.0922. The Kier molecular flexibility index (Phi) is 6.85. The van der Waals surface area contributed by atoms with E-state index in [1.165, 1.54) is 11.1 Å². The molecule has 1 N–H and O–H groups in total. The summed E-state index contributed by atoms with van der Waals surface area (Å²) < 4.78 is 11.2. The highest BCUT2D eigenvalue weighted by Crippen LogP contribution is 2.09. The molecule has 0 heterocycles. The maximum absolute atomic E-state index is 5.63. The summed E-state index contributed by atoms with van der Waals surface area (Å²) in [7, 11) is 0. The fraction of sp³-hybridized carbons (Fsp3) is 0.667. The molecule has 0 radical (unpaired) electrons. The summed E-state index contributed by atoms with van der Waals surface area (Å²) in [6, 6.07) is 8.57. The second kappa shape index (κ2) is 7.92. The summed E-state index contributed by atoms with van der Waals surface area (Å²) in [6.07, 6.45) is 0. The minimum absolute atomic E-state index is 0.0922. The normalized spacial score (nSPS) is 12.7. The molecule has 0 aromatic heterocycles. The first kappa shape index (κ1) is 18.1. The molecule has 0 spiro atoms. The van der Waals surface area contributed by atoms with Crippen molar-refractivity contribution in [3.63, 3.8) is 0 Å². The molecule has 0 fully saturated rings. The van der Waals surface area contributed by atoms with Crippen LogP contribution < -0.4 is 5.32 Å². The molecule has 3 heteroatoms. The van der Waals surface area contributed by atoms with Gasteiger partial charge in [0, 0.05) is 12.1 Å². The van der Waals surface area contributed by atoms with Crippen molar-refractivity contribution in [3.05, 3.63) is 35.4 Å². The van der Waals surface area contributed by atoms with Crippen LogP contribution in [0.3, 0.4) is 0 Å². The van der Waals surface area contributed by atoms with E-state index in [0.29, 0.717) is 19.8 Å². The summed E-state index contributed by atoms with van der Waals surface area (Å²) in [4.78, 5) is 0. The van der Waals surface area contributed by atoms with Gasteiger partial charge in [-0.2, -0.15) is 0 Å². The van der Waals surface area contributed by atoms with Crippen molar-refractivity contribution in [2.75, 3.05) is 13.2 Å². The third kappa shape index (κ3) is 9.62. The van der Waals surface area contributed by atoms with Crippen LogP contribution in [0.4, 0.5) is 0 Å². The van der Waals surface area contributed by atoms with Crippen molar-refractivity contribution in [2.24, 2.45) is 0 Å². The summed E-state index contributed by atoms with van der Waals surface area (Å²) in [5.41, 5.74) is 2.55. The summed E-state index contributed by atoms with van der Waals surface area (Å²) in [5.74, 6) is 0. The predicted octanol–water partition coefficient (Wildman–Crippen LogP) is 3.91.